The van der Waals surface area contributed by atoms with Gasteiger partial charge >= 0.3 is 0 Å². The second kappa shape index (κ2) is 6.17. The zero-order chi connectivity index (χ0) is 13.8. The van der Waals surface area contributed by atoms with Crippen molar-refractivity contribution in [1.82, 2.24) is 9.97 Å². The molecule has 0 amide bonds. The van der Waals surface area contributed by atoms with E-state index in [0.29, 0.717) is 0 Å². The molecule has 0 bridgehead atoms. The van der Waals surface area contributed by atoms with Crippen molar-refractivity contribution in [1.29, 1.82) is 0 Å². The van der Waals surface area contributed by atoms with Gasteiger partial charge in [0.2, 0.25) is 0 Å². The Morgan fingerprint density at radius 3 is 2.21 bits per heavy atom. The molecule has 0 saturated carbocycles. The van der Waals surface area contributed by atoms with Gasteiger partial charge in [-0.15, -0.1) is 0 Å². The summed E-state index contributed by atoms with van der Waals surface area (Å²) in [6.07, 6.45) is 0.951. The quantitative estimate of drug-likeness (QED) is 0.864. The van der Waals surface area contributed by atoms with Crippen molar-refractivity contribution in [3.05, 3.63) is 47.3 Å². The van der Waals surface area contributed by atoms with Gasteiger partial charge in [-0.3, -0.25) is 0 Å². The molecule has 1 heterocycles. The maximum absolute atomic E-state index is 6.01. The predicted molar refractivity (Wildman–Crippen MR) is 79.3 cm³/mol. The number of hydrogen-bond acceptors (Lipinski definition) is 4. The number of benzene rings is 1. The van der Waals surface area contributed by atoms with Crippen molar-refractivity contribution in [3.63, 3.8) is 0 Å². The van der Waals surface area contributed by atoms with Crippen molar-refractivity contribution in [3.8, 4) is 0 Å². The van der Waals surface area contributed by atoms with E-state index in [1.54, 1.807) is 11.8 Å². The van der Waals surface area contributed by atoms with Crippen molar-refractivity contribution < 1.29 is 0 Å². The monoisotopic (exact) mass is 273 g/mol. The molecule has 2 rings (SSSR count). The van der Waals surface area contributed by atoms with Gasteiger partial charge in [0.25, 0.3) is 0 Å². The Hall–Kier alpha value is -1.39. The van der Waals surface area contributed by atoms with Gasteiger partial charge in [0.1, 0.15) is 0 Å². The van der Waals surface area contributed by atoms with Crippen molar-refractivity contribution in [2.45, 2.75) is 43.3 Å². The third kappa shape index (κ3) is 3.78. The molecule has 1 aromatic heterocycles. The van der Waals surface area contributed by atoms with Crippen LogP contribution in [0.3, 0.4) is 0 Å². The number of aromatic nitrogens is 2. The van der Waals surface area contributed by atoms with E-state index >= 15 is 0 Å². The molecule has 19 heavy (non-hydrogen) atoms. The summed E-state index contributed by atoms with van der Waals surface area (Å²) in [6, 6.07) is 10.4. The molecule has 0 fully saturated rings. The first-order valence-corrected chi connectivity index (χ1v) is 7.26. The number of nitrogens with zero attached hydrogens (tertiary/aromatic N) is 2. The lowest BCUT2D eigenvalue weighted by molar-refractivity contribution is 0.698. The van der Waals surface area contributed by atoms with Crippen molar-refractivity contribution >= 4 is 11.8 Å². The molecule has 0 aliphatic heterocycles. The van der Waals surface area contributed by atoms with E-state index in [0.717, 1.165) is 27.9 Å². The second-order valence-corrected chi connectivity index (χ2v) is 5.66. The lowest BCUT2D eigenvalue weighted by Gasteiger charge is -2.09. The lowest BCUT2D eigenvalue weighted by Crippen LogP contribution is -2.07. The summed E-state index contributed by atoms with van der Waals surface area (Å²) in [6.45, 7) is 6.07. The normalized spacial score (nSPS) is 12.4. The zero-order valence-corrected chi connectivity index (χ0v) is 12.4. The Morgan fingerprint density at radius 2 is 1.68 bits per heavy atom. The average molecular weight is 273 g/mol. The average Bonchev–Trinajstić information content (AvgIpc) is 2.37. The Labute approximate surface area is 118 Å². The molecule has 0 spiro atoms. The molecule has 0 aliphatic rings. The van der Waals surface area contributed by atoms with Crippen LogP contribution in [0.5, 0.6) is 0 Å². The zero-order valence-electron chi connectivity index (χ0n) is 11.6. The summed E-state index contributed by atoms with van der Waals surface area (Å²) >= 11 is 1.58. The molecule has 0 radical (unpaired) electrons. The van der Waals surface area contributed by atoms with E-state index in [1.807, 2.05) is 19.9 Å². The molecule has 0 saturated heterocycles. The highest BCUT2D eigenvalue weighted by Crippen LogP contribution is 2.26. The Kier molecular flexibility index (Phi) is 4.56. The SMILES string of the molecule is CC[C@@H](N)c1ccc(Sc2nc(C)cc(C)n2)cc1. The maximum atomic E-state index is 6.01. The summed E-state index contributed by atoms with van der Waals surface area (Å²) < 4.78 is 0. The first kappa shape index (κ1) is 14.0. The van der Waals surface area contributed by atoms with Crippen LogP contribution in [0.25, 0.3) is 0 Å². The van der Waals surface area contributed by atoms with Crippen LogP contribution >= 0.6 is 11.8 Å². The Morgan fingerprint density at radius 1 is 1.11 bits per heavy atom. The highest BCUT2D eigenvalue weighted by atomic mass is 32.2. The standard InChI is InChI=1S/C15H19N3S/c1-4-14(16)12-5-7-13(8-6-12)19-15-17-10(2)9-11(3)18-15/h5-9,14H,4,16H2,1-3H3/t14-/m1/s1. The van der Waals surface area contributed by atoms with Crippen LogP contribution in [0.1, 0.15) is 36.3 Å². The van der Waals surface area contributed by atoms with E-state index in [9.17, 15) is 0 Å². The minimum Gasteiger partial charge on any atom is -0.324 e. The van der Waals surface area contributed by atoms with Crippen LogP contribution in [0.2, 0.25) is 0 Å². The van der Waals surface area contributed by atoms with Crippen LogP contribution in [0.4, 0.5) is 0 Å². The van der Waals surface area contributed by atoms with Crippen LogP contribution in [-0.2, 0) is 0 Å². The third-order valence-electron chi connectivity index (χ3n) is 2.92. The fourth-order valence-electron chi connectivity index (χ4n) is 1.86. The van der Waals surface area contributed by atoms with Crippen molar-refractivity contribution in [2.75, 3.05) is 0 Å². The van der Waals surface area contributed by atoms with E-state index in [-0.39, 0.29) is 6.04 Å². The van der Waals surface area contributed by atoms with Gasteiger partial charge in [-0.25, -0.2) is 9.97 Å². The van der Waals surface area contributed by atoms with Crippen LogP contribution in [0.15, 0.2) is 40.4 Å². The van der Waals surface area contributed by atoms with Gasteiger partial charge in [0.15, 0.2) is 5.16 Å². The molecular weight excluding hydrogens is 254 g/mol. The molecule has 1 aromatic carbocycles. The van der Waals surface area contributed by atoms with Gasteiger partial charge in [-0.2, -0.15) is 0 Å². The smallest absolute Gasteiger partial charge is 0.192 e. The minimum absolute atomic E-state index is 0.122. The predicted octanol–water partition coefficient (Wildman–Crippen LogP) is 3.65. The van der Waals surface area contributed by atoms with Gasteiger partial charge < -0.3 is 5.73 Å². The van der Waals surface area contributed by atoms with Crippen LogP contribution < -0.4 is 5.73 Å². The summed E-state index contributed by atoms with van der Waals surface area (Å²) in [5.74, 6) is 0. The fourth-order valence-corrected chi connectivity index (χ4v) is 2.73. The third-order valence-corrected chi connectivity index (χ3v) is 3.79. The Balaban J connectivity index is 2.15. The van der Waals surface area contributed by atoms with E-state index in [1.165, 1.54) is 5.56 Å². The summed E-state index contributed by atoms with van der Waals surface area (Å²) in [7, 11) is 0. The molecule has 4 heteroatoms. The molecular formula is C15H19N3S. The number of aryl methyl sites for hydroxylation is 2. The fraction of sp³-hybridized carbons (Fsp3) is 0.333. The number of nitrogens with two attached hydrogens (primary N) is 1. The molecule has 2 N–H and O–H groups in total. The van der Waals surface area contributed by atoms with Gasteiger partial charge in [0, 0.05) is 22.3 Å². The maximum Gasteiger partial charge on any atom is 0.192 e. The van der Waals surface area contributed by atoms with Crippen LogP contribution in [-0.4, -0.2) is 9.97 Å². The first-order chi connectivity index (χ1) is 9.08. The Bertz CT molecular complexity index is 532. The number of hydrogen-bond donors (Lipinski definition) is 1. The molecule has 1 atom stereocenters. The van der Waals surface area contributed by atoms with E-state index < -0.39 is 0 Å². The summed E-state index contributed by atoms with van der Waals surface area (Å²) in [4.78, 5) is 10.00. The topological polar surface area (TPSA) is 51.8 Å². The van der Waals surface area contributed by atoms with Crippen molar-refractivity contribution in [2.24, 2.45) is 5.73 Å². The molecule has 3 nitrogen and oxygen atoms in total. The highest BCUT2D eigenvalue weighted by Gasteiger charge is 2.05. The second-order valence-electron chi connectivity index (χ2n) is 4.62. The molecule has 0 aliphatic carbocycles. The lowest BCUT2D eigenvalue weighted by atomic mass is 10.1. The van der Waals surface area contributed by atoms with Gasteiger partial charge in [0.05, 0.1) is 0 Å². The summed E-state index contributed by atoms with van der Waals surface area (Å²) in [5.41, 5.74) is 9.18. The largest absolute Gasteiger partial charge is 0.324 e. The summed E-state index contributed by atoms with van der Waals surface area (Å²) in [5, 5.41) is 0.796. The van der Waals surface area contributed by atoms with E-state index in [2.05, 4.69) is 41.2 Å². The molecule has 2 aromatic rings. The van der Waals surface area contributed by atoms with Gasteiger partial charge in [-0.1, -0.05) is 19.1 Å². The molecule has 100 valence electrons. The van der Waals surface area contributed by atoms with E-state index in [4.69, 9.17) is 5.73 Å². The molecule has 0 unspecified atom stereocenters. The van der Waals surface area contributed by atoms with Gasteiger partial charge in [-0.05, 0) is 55.8 Å². The van der Waals surface area contributed by atoms with Crippen LogP contribution in [0, 0.1) is 13.8 Å². The highest BCUT2D eigenvalue weighted by molar-refractivity contribution is 7.99. The minimum atomic E-state index is 0.122. The first-order valence-electron chi connectivity index (χ1n) is 6.44. The number of rotatable bonds is 4.